The van der Waals surface area contributed by atoms with Crippen molar-refractivity contribution in [2.24, 2.45) is 0 Å². The van der Waals surface area contributed by atoms with Gasteiger partial charge in [0.1, 0.15) is 0 Å². The molecule has 0 fully saturated rings. The molecular formula is C6H10N4O4S2. The van der Waals surface area contributed by atoms with Crippen molar-refractivity contribution in [3.63, 3.8) is 0 Å². The minimum atomic E-state index is -3.75. The molecule has 8 nitrogen and oxygen atoms in total. The van der Waals surface area contributed by atoms with Crippen LogP contribution in [-0.4, -0.2) is 42.8 Å². The molecule has 1 rings (SSSR count). The molecule has 0 saturated heterocycles. The maximum Gasteiger partial charge on any atom is 0.269 e. The van der Waals surface area contributed by atoms with E-state index in [0.29, 0.717) is 0 Å². The zero-order valence-electron chi connectivity index (χ0n) is 8.30. The van der Waals surface area contributed by atoms with E-state index in [0.717, 1.165) is 11.3 Å². The molecule has 0 aromatic carbocycles. The smallest absolute Gasteiger partial charge is 0.269 e. The normalized spacial score (nSPS) is 11.4. The van der Waals surface area contributed by atoms with Gasteiger partial charge in [-0.15, -0.1) is 10.2 Å². The average molecular weight is 266 g/mol. The van der Waals surface area contributed by atoms with Gasteiger partial charge in [-0.2, -0.15) is 0 Å². The molecule has 0 atom stereocenters. The standard InChI is InChI=1S/C6H10N4O4S2/c1-4(12)8-5-9-10-6(15-5)16(13,14)7-2-3-11/h7,11H,2-3H2,1H3,(H,8,9,12). The predicted octanol–water partition coefficient (Wildman–Crippen LogP) is -1.23. The summed E-state index contributed by atoms with van der Waals surface area (Å²) in [5.74, 6) is -0.358. The monoisotopic (exact) mass is 266 g/mol. The van der Waals surface area contributed by atoms with Crippen molar-refractivity contribution in [2.75, 3.05) is 18.5 Å². The molecule has 0 aliphatic heterocycles. The summed E-state index contributed by atoms with van der Waals surface area (Å²) in [6.45, 7) is 0.869. The SMILES string of the molecule is CC(=O)Nc1nnc(S(=O)(=O)NCCO)s1. The highest BCUT2D eigenvalue weighted by Crippen LogP contribution is 2.19. The quantitative estimate of drug-likeness (QED) is 0.573. The molecule has 1 aromatic rings. The van der Waals surface area contributed by atoms with Crippen LogP contribution >= 0.6 is 11.3 Å². The summed E-state index contributed by atoms with van der Waals surface area (Å²) in [6, 6.07) is 0. The number of carbonyl (C=O) groups is 1. The molecule has 0 aliphatic carbocycles. The van der Waals surface area contributed by atoms with Gasteiger partial charge in [-0.05, 0) is 0 Å². The van der Waals surface area contributed by atoms with Gasteiger partial charge in [0, 0.05) is 13.5 Å². The van der Waals surface area contributed by atoms with Crippen LogP contribution in [0.25, 0.3) is 0 Å². The minimum Gasteiger partial charge on any atom is -0.395 e. The van der Waals surface area contributed by atoms with Crippen molar-refractivity contribution in [1.29, 1.82) is 0 Å². The molecule has 0 aliphatic rings. The van der Waals surface area contributed by atoms with Crippen LogP contribution in [0.5, 0.6) is 0 Å². The Hall–Kier alpha value is -1.10. The molecule has 0 bridgehead atoms. The Kier molecular flexibility index (Phi) is 4.29. The van der Waals surface area contributed by atoms with Crippen molar-refractivity contribution in [2.45, 2.75) is 11.3 Å². The van der Waals surface area contributed by atoms with Gasteiger partial charge in [0.25, 0.3) is 10.0 Å². The lowest BCUT2D eigenvalue weighted by Crippen LogP contribution is -2.26. The van der Waals surface area contributed by atoms with Gasteiger partial charge in [-0.1, -0.05) is 11.3 Å². The molecule has 10 heteroatoms. The van der Waals surface area contributed by atoms with Gasteiger partial charge in [-0.25, -0.2) is 13.1 Å². The number of anilines is 1. The maximum absolute atomic E-state index is 11.5. The summed E-state index contributed by atoms with van der Waals surface area (Å²) in [7, 11) is -3.75. The van der Waals surface area contributed by atoms with Crippen LogP contribution in [0.2, 0.25) is 0 Å². The van der Waals surface area contributed by atoms with Crippen LogP contribution in [-0.2, 0) is 14.8 Å². The van der Waals surface area contributed by atoms with Gasteiger partial charge in [0.05, 0.1) is 6.61 Å². The first-order chi connectivity index (χ1) is 7.45. The fourth-order valence-electron chi connectivity index (χ4n) is 0.761. The number of hydrogen-bond donors (Lipinski definition) is 3. The summed E-state index contributed by atoms with van der Waals surface area (Å²) in [4.78, 5) is 10.7. The van der Waals surface area contributed by atoms with Crippen LogP contribution in [0.4, 0.5) is 5.13 Å². The third kappa shape index (κ3) is 3.48. The van der Waals surface area contributed by atoms with Gasteiger partial charge >= 0.3 is 0 Å². The molecule has 1 aromatic heterocycles. The number of amides is 1. The number of carbonyl (C=O) groups excluding carboxylic acids is 1. The van der Waals surface area contributed by atoms with E-state index in [4.69, 9.17) is 5.11 Å². The van der Waals surface area contributed by atoms with Gasteiger partial charge in [0.15, 0.2) is 0 Å². The Balaban J connectivity index is 2.80. The minimum absolute atomic E-state index is 0.0998. The van der Waals surface area contributed by atoms with E-state index in [1.165, 1.54) is 6.92 Å². The van der Waals surface area contributed by atoms with Crippen LogP contribution < -0.4 is 10.0 Å². The Morgan fingerprint density at radius 3 is 2.75 bits per heavy atom. The molecule has 16 heavy (non-hydrogen) atoms. The second-order valence-electron chi connectivity index (χ2n) is 2.68. The molecule has 0 spiro atoms. The third-order valence-corrected chi connectivity index (χ3v) is 3.99. The second-order valence-corrected chi connectivity index (χ2v) is 5.59. The van der Waals surface area contributed by atoms with E-state index < -0.39 is 10.0 Å². The zero-order chi connectivity index (χ0) is 12.2. The maximum atomic E-state index is 11.5. The summed E-state index contributed by atoms with van der Waals surface area (Å²) >= 11 is 0.732. The third-order valence-electron chi connectivity index (χ3n) is 1.32. The highest BCUT2D eigenvalue weighted by Gasteiger charge is 2.19. The lowest BCUT2D eigenvalue weighted by Gasteiger charge is -1.99. The highest BCUT2D eigenvalue weighted by atomic mass is 32.2. The topological polar surface area (TPSA) is 121 Å². The van der Waals surface area contributed by atoms with E-state index in [9.17, 15) is 13.2 Å². The number of hydrogen-bond acceptors (Lipinski definition) is 7. The van der Waals surface area contributed by atoms with Gasteiger partial charge < -0.3 is 10.4 Å². The Labute approximate surface area is 95.8 Å². The van der Waals surface area contributed by atoms with Crippen molar-refractivity contribution in [3.05, 3.63) is 0 Å². The molecule has 0 radical (unpaired) electrons. The van der Waals surface area contributed by atoms with E-state index >= 15 is 0 Å². The van der Waals surface area contributed by atoms with Crippen molar-refractivity contribution < 1.29 is 18.3 Å². The molecule has 0 unspecified atom stereocenters. The Morgan fingerprint density at radius 2 is 2.19 bits per heavy atom. The molecular weight excluding hydrogens is 256 g/mol. The largest absolute Gasteiger partial charge is 0.395 e. The number of rotatable bonds is 5. The first-order valence-electron chi connectivity index (χ1n) is 4.17. The van der Waals surface area contributed by atoms with E-state index in [-0.39, 0.29) is 28.5 Å². The molecule has 0 saturated carbocycles. The van der Waals surface area contributed by atoms with Crippen LogP contribution in [0, 0.1) is 0 Å². The number of nitrogens with one attached hydrogen (secondary N) is 2. The second kappa shape index (κ2) is 5.30. The molecule has 1 amide bonds. The van der Waals surface area contributed by atoms with Crippen LogP contribution in [0.3, 0.4) is 0 Å². The van der Waals surface area contributed by atoms with Crippen LogP contribution in [0.15, 0.2) is 4.34 Å². The summed E-state index contributed by atoms with van der Waals surface area (Å²) in [5.41, 5.74) is 0. The van der Waals surface area contributed by atoms with Crippen LogP contribution in [0.1, 0.15) is 6.92 Å². The van der Waals surface area contributed by atoms with E-state index in [1.54, 1.807) is 0 Å². The number of aliphatic hydroxyl groups excluding tert-OH is 1. The summed E-state index contributed by atoms with van der Waals surface area (Å²) in [5, 5.41) is 17.8. The number of nitrogens with zero attached hydrogens (tertiary/aromatic N) is 2. The van der Waals surface area contributed by atoms with Gasteiger partial charge in [0.2, 0.25) is 15.4 Å². The zero-order valence-corrected chi connectivity index (χ0v) is 9.93. The first kappa shape index (κ1) is 13.0. The first-order valence-corrected chi connectivity index (χ1v) is 6.47. The fraction of sp³-hybridized carbons (Fsp3) is 0.500. The van der Waals surface area contributed by atoms with Crippen molar-refractivity contribution in [1.82, 2.24) is 14.9 Å². The average Bonchev–Trinajstić information content (AvgIpc) is 2.63. The molecule has 90 valence electrons. The fourth-order valence-corrected chi connectivity index (χ4v) is 2.77. The Morgan fingerprint density at radius 1 is 1.50 bits per heavy atom. The lowest BCUT2D eigenvalue weighted by molar-refractivity contribution is -0.114. The summed E-state index contributed by atoms with van der Waals surface area (Å²) in [6.07, 6.45) is 0. The molecule has 3 N–H and O–H groups in total. The number of aliphatic hydroxyl groups is 1. The molecule has 1 heterocycles. The highest BCUT2D eigenvalue weighted by molar-refractivity contribution is 7.91. The predicted molar refractivity (Wildman–Crippen MR) is 56.5 cm³/mol. The van der Waals surface area contributed by atoms with Crippen molar-refractivity contribution in [3.8, 4) is 0 Å². The summed E-state index contributed by atoms with van der Waals surface area (Å²) < 4.78 is 24.8. The van der Waals surface area contributed by atoms with E-state index in [1.807, 2.05) is 0 Å². The lowest BCUT2D eigenvalue weighted by atomic mass is 10.7. The number of aromatic nitrogens is 2. The van der Waals surface area contributed by atoms with Gasteiger partial charge in [-0.3, -0.25) is 4.79 Å². The van der Waals surface area contributed by atoms with Crippen molar-refractivity contribution >= 4 is 32.4 Å². The van der Waals surface area contributed by atoms with E-state index in [2.05, 4.69) is 20.2 Å². The Bertz CT molecular complexity index is 469. The number of sulfonamides is 1.